The van der Waals surface area contributed by atoms with Crippen LogP contribution in [0.1, 0.15) is 16.7 Å². The molecule has 1 saturated heterocycles. The summed E-state index contributed by atoms with van der Waals surface area (Å²) in [5.41, 5.74) is 4.03. The van der Waals surface area contributed by atoms with Crippen LogP contribution in [0.4, 0.5) is 5.69 Å². The Morgan fingerprint density at radius 2 is 1.77 bits per heavy atom. The average molecular weight is 498 g/mol. The Balaban J connectivity index is 1.65. The van der Waals surface area contributed by atoms with Crippen molar-refractivity contribution < 1.29 is 17.9 Å². The van der Waals surface area contributed by atoms with Crippen molar-refractivity contribution in [2.45, 2.75) is 19.8 Å². The Hall–Kier alpha value is -3.21. The Morgan fingerprint density at radius 1 is 1.06 bits per heavy atom. The van der Waals surface area contributed by atoms with E-state index in [2.05, 4.69) is 10.0 Å². The van der Waals surface area contributed by atoms with Gasteiger partial charge in [0.2, 0.25) is 5.76 Å². The lowest BCUT2D eigenvalue weighted by Crippen LogP contribution is -2.52. The molecule has 3 N–H and O–H groups in total. The van der Waals surface area contributed by atoms with E-state index < -0.39 is 16.1 Å². The molecule has 0 atom stereocenters. The summed E-state index contributed by atoms with van der Waals surface area (Å²) in [6.07, 6.45) is 2.26. The van der Waals surface area contributed by atoms with Gasteiger partial charge in [0, 0.05) is 51.0 Å². The molecule has 3 aliphatic rings. The van der Waals surface area contributed by atoms with Crippen LogP contribution in [0.15, 0.2) is 60.0 Å². The molecule has 5 rings (SSSR count). The van der Waals surface area contributed by atoms with E-state index in [9.17, 15) is 13.2 Å². The Kier molecular flexibility index (Phi) is 7.84. The molecular weight excluding hydrogens is 466 g/mol. The molecule has 0 radical (unpaired) electrons. The number of nitrogens with one attached hydrogen (secondary N) is 3. The average Bonchev–Trinajstić information content (AvgIpc) is 2.83. The monoisotopic (exact) mass is 497 g/mol. The normalized spacial score (nSPS) is 21.2. The minimum atomic E-state index is -3.62. The van der Waals surface area contributed by atoms with E-state index in [-0.39, 0.29) is 25.5 Å². The van der Waals surface area contributed by atoms with Crippen LogP contribution in [-0.4, -0.2) is 69.1 Å². The molecule has 35 heavy (non-hydrogen) atoms. The van der Waals surface area contributed by atoms with Gasteiger partial charge in [-0.1, -0.05) is 36.4 Å². The Bertz CT molecular complexity index is 1220. The molecule has 3 heterocycles. The molecule has 186 valence electrons. The number of fused-ring (bicyclic) bond motifs is 8. The highest BCUT2D eigenvalue weighted by Gasteiger charge is 2.30. The van der Waals surface area contributed by atoms with Gasteiger partial charge in [-0.2, -0.15) is 12.7 Å². The van der Waals surface area contributed by atoms with Gasteiger partial charge in [0.1, 0.15) is 5.70 Å². The minimum Gasteiger partial charge on any atom is -0.486 e. The molecule has 4 bridgehead atoms. The number of nitrogens with zero attached hydrogens (tertiary/aromatic N) is 2. The second kappa shape index (κ2) is 11.0. The van der Waals surface area contributed by atoms with Gasteiger partial charge in [-0.05, 0) is 42.2 Å². The molecule has 1 fully saturated rings. The number of anilines is 1. The van der Waals surface area contributed by atoms with Gasteiger partial charge >= 0.3 is 0 Å². The van der Waals surface area contributed by atoms with Crippen molar-refractivity contribution in [2.75, 3.05) is 44.6 Å². The van der Waals surface area contributed by atoms with Gasteiger partial charge in [-0.3, -0.25) is 4.79 Å². The van der Waals surface area contributed by atoms with E-state index in [0.717, 1.165) is 22.9 Å². The van der Waals surface area contributed by atoms with E-state index in [1.165, 1.54) is 4.31 Å². The molecule has 0 saturated carbocycles. The van der Waals surface area contributed by atoms with Gasteiger partial charge in [-0.15, -0.1) is 0 Å². The fourth-order valence-electron chi connectivity index (χ4n) is 4.26. The third kappa shape index (κ3) is 6.27. The molecular formula is C25H31N5O4S. The molecule has 3 aliphatic heterocycles. The quantitative estimate of drug-likeness (QED) is 0.562. The zero-order valence-corrected chi connectivity index (χ0v) is 20.6. The van der Waals surface area contributed by atoms with Crippen LogP contribution in [-0.2, 0) is 32.6 Å². The summed E-state index contributed by atoms with van der Waals surface area (Å²) in [6.45, 7) is 3.70. The largest absolute Gasteiger partial charge is 0.486 e. The summed E-state index contributed by atoms with van der Waals surface area (Å²) >= 11 is 0. The zero-order valence-electron chi connectivity index (χ0n) is 19.8. The lowest BCUT2D eigenvalue weighted by molar-refractivity contribution is -0.116. The summed E-state index contributed by atoms with van der Waals surface area (Å²) in [4.78, 5) is 15.1. The number of carbonyl (C=O) groups is 1. The first-order valence-electron chi connectivity index (χ1n) is 11.7. The van der Waals surface area contributed by atoms with Crippen LogP contribution >= 0.6 is 0 Å². The number of hydrogen-bond acceptors (Lipinski definition) is 6. The van der Waals surface area contributed by atoms with Gasteiger partial charge in [-0.25, -0.2) is 4.72 Å². The van der Waals surface area contributed by atoms with Crippen LogP contribution in [0.5, 0.6) is 0 Å². The highest BCUT2D eigenvalue weighted by atomic mass is 32.2. The Labute approximate surface area is 206 Å². The van der Waals surface area contributed by atoms with E-state index >= 15 is 0 Å². The second-order valence-corrected chi connectivity index (χ2v) is 10.4. The Morgan fingerprint density at radius 3 is 2.49 bits per heavy atom. The summed E-state index contributed by atoms with van der Waals surface area (Å²) in [6, 6.07) is 15.4. The maximum absolute atomic E-state index is 13.3. The number of allylic oxidation sites excluding steroid dienone is 1. The first-order chi connectivity index (χ1) is 16.9. The molecule has 10 heteroatoms. The fourth-order valence-corrected chi connectivity index (χ4v) is 5.45. The molecule has 0 unspecified atom stereocenters. The number of piperazine rings is 1. The summed E-state index contributed by atoms with van der Waals surface area (Å²) in [5.74, 6) is -0.389. The molecule has 9 nitrogen and oxygen atoms in total. The maximum atomic E-state index is 13.3. The van der Waals surface area contributed by atoms with Gasteiger partial charge in [0.25, 0.3) is 16.1 Å². The maximum Gasteiger partial charge on any atom is 0.293 e. The predicted molar refractivity (Wildman–Crippen MR) is 135 cm³/mol. The molecule has 2 aromatic carbocycles. The smallest absolute Gasteiger partial charge is 0.293 e. The van der Waals surface area contributed by atoms with Crippen molar-refractivity contribution >= 4 is 28.0 Å². The molecule has 0 aliphatic carbocycles. The van der Waals surface area contributed by atoms with Crippen LogP contribution < -0.4 is 10.0 Å². The second-order valence-electron chi connectivity index (χ2n) is 8.64. The van der Waals surface area contributed by atoms with Crippen molar-refractivity contribution in [1.82, 2.24) is 13.9 Å². The molecule has 2 aromatic rings. The van der Waals surface area contributed by atoms with Crippen LogP contribution in [0, 0.1) is 12.3 Å². The van der Waals surface area contributed by atoms with Crippen molar-refractivity contribution in [3.63, 3.8) is 0 Å². The van der Waals surface area contributed by atoms with Crippen molar-refractivity contribution in [2.24, 2.45) is 0 Å². The van der Waals surface area contributed by atoms with E-state index in [0.29, 0.717) is 43.9 Å². The number of amides is 1. The van der Waals surface area contributed by atoms with Gasteiger partial charge in [0.15, 0.2) is 0 Å². The van der Waals surface area contributed by atoms with Crippen LogP contribution in [0.25, 0.3) is 0 Å². The number of benzene rings is 2. The highest BCUT2D eigenvalue weighted by molar-refractivity contribution is 7.87. The molecule has 1 amide bonds. The topological polar surface area (TPSA) is 115 Å². The summed E-state index contributed by atoms with van der Waals surface area (Å²) < 4.78 is 35.7. The van der Waals surface area contributed by atoms with Crippen LogP contribution in [0.2, 0.25) is 0 Å². The SMILES string of the molecule is Cc1cccc(NC(=O)/C2=C(\C=N)N3CCN(CC3)S(=O)(=O)NCCc3cccc(c3)CCO2)c1. The third-order valence-corrected chi connectivity index (χ3v) is 7.71. The first kappa shape index (κ1) is 24.9. The van der Waals surface area contributed by atoms with Crippen molar-refractivity contribution in [1.29, 1.82) is 5.41 Å². The zero-order chi connectivity index (χ0) is 24.8. The highest BCUT2D eigenvalue weighted by Crippen LogP contribution is 2.19. The van der Waals surface area contributed by atoms with Gasteiger partial charge in [0.05, 0.1) is 6.61 Å². The lowest BCUT2D eigenvalue weighted by Gasteiger charge is -2.36. The van der Waals surface area contributed by atoms with Crippen LogP contribution in [0.3, 0.4) is 0 Å². The number of aryl methyl sites for hydroxylation is 1. The predicted octanol–water partition coefficient (Wildman–Crippen LogP) is 2.06. The van der Waals surface area contributed by atoms with E-state index in [1.807, 2.05) is 54.3 Å². The fraction of sp³-hybridized carbons (Fsp3) is 0.360. The summed E-state index contributed by atoms with van der Waals surface area (Å²) in [7, 11) is -3.62. The van der Waals surface area contributed by atoms with E-state index in [4.69, 9.17) is 10.1 Å². The number of rotatable bonds is 3. The van der Waals surface area contributed by atoms with Crippen molar-refractivity contribution in [3.05, 3.63) is 76.7 Å². The van der Waals surface area contributed by atoms with Gasteiger partial charge < -0.3 is 20.4 Å². The minimum absolute atomic E-state index is 0.0548. The lowest BCUT2D eigenvalue weighted by atomic mass is 10.1. The first-order valence-corrected chi connectivity index (χ1v) is 13.1. The van der Waals surface area contributed by atoms with Crippen molar-refractivity contribution in [3.8, 4) is 0 Å². The number of carbonyl (C=O) groups excluding carboxylic acids is 1. The number of ether oxygens (including phenoxy) is 1. The van der Waals surface area contributed by atoms with E-state index in [1.54, 1.807) is 6.07 Å². The molecule has 0 spiro atoms. The summed E-state index contributed by atoms with van der Waals surface area (Å²) in [5, 5.41) is 10.9. The number of hydrogen-bond donors (Lipinski definition) is 3. The third-order valence-electron chi connectivity index (χ3n) is 6.10. The standard InChI is InChI=1S/C25H31N5O4S/c1-19-4-2-7-22(16-19)28-25(31)24-23(18-26)29-11-13-30(14-12-29)35(32,33)27-10-8-20-5-3-6-21(17-20)9-15-34-24/h2-7,16-18,26-27H,8-15H2,1H3,(H,28,31)/b24-23-,26-18?. The molecule has 0 aromatic heterocycles.